The van der Waals surface area contributed by atoms with Crippen molar-refractivity contribution in [3.63, 3.8) is 0 Å². The first kappa shape index (κ1) is 17.8. The molecule has 26 heavy (non-hydrogen) atoms. The molecule has 2 bridgehead atoms. The van der Waals surface area contributed by atoms with Gasteiger partial charge in [0.2, 0.25) is 0 Å². The molecule has 3 heterocycles. The van der Waals surface area contributed by atoms with Crippen LogP contribution in [0.25, 0.3) is 0 Å². The number of halogens is 2. The molecule has 3 aliphatic rings. The highest BCUT2D eigenvalue weighted by Gasteiger charge is 2.33. The van der Waals surface area contributed by atoms with Crippen LogP contribution in [0.15, 0.2) is 42.5 Å². The maximum Gasteiger partial charge on any atom is 0.124 e. The summed E-state index contributed by atoms with van der Waals surface area (Å²) in [5, 5.41) is 4.43. The van der Waals surface area contributed by atoms with E-state index in [0.29, 0.717) is 17.7 Å². The monoisotopic (exact) mass is 374 g/mol. The van der Waals surface area contributed by atoms with E-state index in [1.54, 1.807) is 12.1 Å². The maximum absolute atomic E-state index is 13.0. The number of rotatable bonds is 6. The van der Waals surface area contributed by atoms with Gasteiger partial charge in [0.1, 0.15) is 18.2 Å². The molecule has 0 aliphatic carbocycles. The van der Waals surface area contributed by atoms with Gasteiger partial charge in [0, 0.05) is 29.7 Å². The number of ether oxygens (including phenoxy) is 1. The summed E-state index contributed by atoms with van der Waals surface area (Å²) in [6, 6.07) is 12.7. The first-order valence-corrected chi connectivity index (χ1v) is 9.66. The van der Waals surface area contributed by atoms with Crippen LogP contribution in [0.1, 0.15) is 24.0 Å². The lowest BCUT2D eigenvalue weighted by atomic mass is 9.84. The zero-order chi connectivity index (χ0) is 17.9. The van der Waals surface area contributed by atoms with Crippen LogP contribution in [-0.4, -0.2) is 30.6 Å². The summed E-state index contributed by atoms with van der Waals surface area (Å²) in [5.41, 5.74) is 2.01. The summed E-state index contributed by atoms with van der Waals surface area (Å²) in [6.45, 7) is 4.78. The Labute approximate surface area is 159 Å². The van der Waals surface area contributed by atoms with E-state index in [9.17, 15) is 4.39 Å². The first-order valence-electron chi connectivity index (χ1n) is 9.29. The van der Waals surface area contributed by atoms with E-state index in [1.165, 1.54) is 38.1 Å². The van der Waals surface area contributed by atoms with Gasteiger partial charge in [-0.1, -0.05) is 23.7 Å². The Morgan fingerprint density at radius 2 is 1.88 bits per heavy atom. The van der Waals surface area contributed by atoms with Crippen molar-refractivity contribution in [2.24, 2.45) is 5.92 Å². The third-order valence-corrected chi connectivity index (χ3v) is 5.78. The van der Waals surface area contributed by atoms with Crippen molar-refractivity contribution in [2.45, 2.75) is 32.0 Å². The zero-order valence-corrected chi connectivity index (χ0v) is 15.5. The Hall–Kier alpha value is -1.62. The number of nitrogens with zero attached hydrogens (tertiary/aromatic N) is 1. The van der Waals surface area contributed by atoms with Crippen molar-refractivity contribution >= 4 is 11.6 Å². The molecule has 3 saturated heterocycles. The van der Waals surface area contributed by atoms with Gasteiger partial charge in [-0.25, -0.2) is 4.39 Å². The largest absolute Gasteiger partial charge is 0.489 e. The van der Waals surface area contributed by atoms with Crippen molar-refractivity contribution in [1.82, 2.24) is 10.2 Å². The Kier molecular flexibility index (Phi) is 5.44. The van der Waals surface area contributed by atoms with Crippen LogP contribution in [0.4, 0.5) is 4.39 Å². The van der Waals surface area contributed by atoms with Crippen LogP contribution < -0.4 is 10.1 Å². The van der Waals surface area contributed by atoms with Gasteiger partial charge in [-0.05, 0) is 67.7 Å². The van der Waals surface area contributed by atoms with Crippen molar-refractivity contribution in [1.29, 1.82) is 0 Å². The van der Waals surface area contributed by atoms with Gasteiger partial charge < -0.3 is 15.0 Å². The molecule has 0 radical (unpaired) electrons. The van der Waals surface area contributed by atoms with E-state index in [-0.39, 0.29) is 5.82 Å². The second-order valence-corrected chi connectivity index (χ2v) is 7.73. The summed E-state index contributed by atoms with van der Waals surface area (Å²) < 4.78 is 19.0. The van der Waals surface area contributed by atoms with Crippen molar-refractivity contribution in [2.75, 3.05) is 19.6 Å². The average molecular weight is 375 g/mol. The zero-order valence-electron chi connectivity index (χ0n) is 14.8. The van der Waals surface area contributed by atoms with E-state index in [2.05, 4.69) is 10.2 Å². The number of hydrogen-bond donors (Lipinski definition) is 1. The average Bonchev–Trinajstić information content (AvgIpc) is 2.68. The second-order valence-electron chi connectivity index (χ2n) is 7.29. The highest BCUT2D eigenvalue weighted by molar-refractivity contribution is 6.30. The molecule has 1 N–H and O–H groups in total. The maximum atomic E-state index is 13.0. The number of piperidine rings is 3. The summed E-state index contributed by atoms with van der Waals surface area (Å²) in [7, 11) is 0. The molecule has 3 fully saturated rings. The normalized spacial score (nSPS) is 24.6. The number of fused-ring (bicyclic) bond motifs is 3. The quantitative estimate of drug-likeness (QED) is 0.818. The van der Waals surface area contributed by atoms with Crippen LogP contribution in [-0.2, 0) is 13.2 Å². The molecule has 2 aromatic carbocycles. The molecular weight excluding hydrogens is 351 g/mol. The van der Waals surface area contributed by atoms with Crippen molar-refractivity contribution < 1.29 is 9.13 Å². The molecule has 3 nitrogen and oxygen atoms in total. The van der Waals surface area contributed by atoms with Crippen LogP contribution in [0, 0.1) is 11.7 Å². The Morgan fingerprint density at radius 1 is 1.12 bits per heavy atom. The predicted octanol–water partition coefficient (Wildman–Crippen LogP) is 4.24. The molecular formula is C21H24ClFN2O. The molecule has 0 aromatic heterocycles. The molecule has 2 aromatic rings. The third-order valence-electron chi connectivity index (χ3n) is 5.54. The molecule has 0 amide bonds. The van der Waals surface area contributed by atoms with Gasteiger partial charge in [0.05, 0.1) is 0 Å². The lowest BCUT2D eigenvalue weighted by molar-refractivity contribution is 0.0718. The minimum Gasteiger partial charge on any atom is -0.489 e. The van der Waals surface area contributed by atoms with Gasteiger partial charge in [-0.3, -0.25) is 0 Å². The van der Waals surface area contributed by atoms with Gasteiger partial charge in [-0.15, -0.1) is 0 Å². The van der Waals surface area contributed by atoms with Crippen LogP contribution in [0.5, 0.6) is 5.75 Å². The minimum atomic E-state index is -0.234. The van der Waals surface area contributed by atoms with E-state index < -0.39 is 0 Å². The number of benzene rings is 2. The number of nitrogens with one attached hydrogen (secondary N) is 1. The Bertz CT molecular complexity index is 744. The first-order chi connectivity index (χ1) is 12.7. The fourth-order valence-electron chi connectivity index (χ4n) is 4.01. The van der Waals surface area contributed by atoms with Crippen LogP contribution in [0.3, 0.4) is 0 Å². The highest BCUT2D eigenvalue weighted by Crippen LogP contribution is 2.29. The minimum absolute atomic E-state index is 0.234. The summed E-state index contributed by atoms with van der Waals surface area (Å²) in [4.78, 5) is 2.54. The summed E-state index contributed by atoms with van der Waals surface area (Å²) >= 11 is 6.20. The Balaban J connectivity index is 1.40. The highest BCUT2D eigenvalue weighted by atomic mass is 35.5. The molecule has 5 rings (SSSR count). The smallest absolute Gasteiger partial charge is 0.124 e. The SMILES string of the molecule is Fc1ccc(COc2ccc(Cl)cc2CNC2CN3CCC2CC3)cc1. The molecule has 1 atom stereocenters. The summed E-state index contributed by atoms with van der Waals surface area (Å²) in [5.74, 6) is 1.37. The fourth-order valence-corrected chi connectivity index (χ4v) is 4.20. The molecule has 0 saturated carbocycles. The lowest BCUT2D eigenvalue weighted by Crippen LogP contribution is -2.55. The standard InChI is InChI=1S/C21H24ClFN2O/c22-18-3-6-21(26-14-15-1-4-19(23)5-2-15)17(11-18)12-24-20-13-25-9-7-16(20)8-10-25/h1-6,11,16,20,24H,7-10,12-14H2. The Morgan fingerprint density at radius 3 is 2.58 bits per heavy atom. The van der Waals surface area contributed by atoms with Gasteiger partial charge >= 0.3 is 0 Å². The predicted molar refractivity (Wildman–Crippen MR) is 102 cm³/mol. The molecule has 3 aliphatic heterocycles. The van der Waals surface area contributed by atoms with E-state index in [1.807, 2.05) is 18.2 Å². The number of hydrogen-bond acceptors (Lipinski definition) is 3. The van der Waals surface area contributed by atoms with Crippen molar-refractivity contribution in [3.05, 3.63) is 64.4 Å². The second kappa shape index (κ2) is 7.95. The van der Waals surface area contributed by atoms with Gasteiger partial charge in [-0.2, -0.15) is 0 Å². The molecule has 1 unspecified atom stereocenters. The van der Waals surface area contributed by atoms with Crippen LogP contribution >= 0.6 is 11.6 Å². The lowest BCUT2D eigenvalue weighted by Gasteiger charge is -2.45. The molecule has 0 spiro atoms. The van der Waals surface area contributed by atoms with Crippen LogP contribution in [0.2, 0.25) is 5.02 Å². The van der Waals surface area contributed by atoms with E-state index in [0.717, 1.165) is 35.9 Å². The fraction of sp³-hybridized carbons (Fsp3) is 0.429. The van der Waals surface area contributed by atoms with Crippen molar-refractivity contribution in [3.8, 4) is 5.75 Å². The van der Waals surface area contributed by atoms with Gasteiger partial charge in [0.15, 0.2) is 0 Å². The third kappa shape index (κ3) is 4.20. The molecule has 138 valence electrons. The summed E-state index contributed by atoms with van der Waals surface area (Å²) in [6.07, 6.45) is 2.59. The van der Waals surface area contributed by atoms with E-state index >= 15 is 0 Å². The topological polar surface area (TPSA) is 24.5 Å². The van der Waals surface area contributed by atoms with E-state index in [4.69, 9.17) is 16.3 Å². The van der Waals surface area contributed by atoms with Gasteiger partial charge in [0.25, 0.3) is 0 Å². The molecule has 5 heteroatoms.